The maximum absolute atomic E-state index is 13.5. The molecule has 2 atom stereocenters. The fourth-order valence-electron chi connectivity index (χ4n) is 6.78. The van der Waals surface area contributed by atoms with E-state index >= 15 is 0 Å². The smallest absolute Gasteiger partial charge is 0.321 e. The summed E-state index contributed by atoms with van der Waals surface area (Å²) in [6, 6.07) is 8.26. The Morgan fingerprint density at radius 1 is 1.19 bits per heavy atom. The van der Waals surface area contributed by atoms with E-state index in [0.717, 1.165) is 31.4 Å². The van der Waals surface area contributed by atoms with Crippen LogP contribution in [0.15, 0.2) is 24.3 Å². The second-order valence-corrected chi connectivity index (χ2v) is 10.6. The summed E-state index contributed by atoms with van der Waals surface area (Å²) in [6.07, 6.45) is 5.10. The van der Waals surface area contributed by atoms with Gasteiger partial charge in [-0.05, 0) is 81.4 Å². The lowest BCUT2D eigenvalue weighted by Gasteiger charge is -2.59. The van der Waals surface area contributed by atoms with E-state index < -0.39 is 5.60 Å². The largest absolute Gasteiger partial charge is 0.390 e. The van der Waals surface area contributed by atoms with E-state index in [1.54, 1.807) is 0 Å². The number of rotatable bonds is 3. The molecular formula is C22H29ClN2O2. The van der Waals surface area contributed by atoms with Crippen LogP contribution in [0.5, 0.6) is 0 Å². The van der Waals surface area contributed by atoms with Gasteiger partial charge in [0.1, 0.15) is 0 Å². The first-order chi connectivity index (χ1) is 12.7. The number of halogens is 1. The topological polar surface area (TPSA) is 43.8 Å². The molecule has 6 rings (SSSR count). The van der Waals surface area contributed by atoms with Crippen molar-refractivity contribution in [2.24, 2.45) is 17.8 Å². The van der Waals surface area contributed by atoms with Crippen LogP contribution in [0.25, 0.3) is 0 Å². The summed E-state index contributed by atoms with van der Waals surface area (Å²) in [4.78, 5) is 17.6. The highest BCUT2D eigenvalue weighted by Crippen LogP contribution is 2.57. The van der Waals surface area contributed by atoms with Crippen LogP contribution in [-0.2, 0) is 6.54 Å². The van der Waals surface area contributed by atoms with Crippen molar-refractivity contribution in [3.63, 3.8) is 0 Å². The molecule has 4 saturated carbocycles. The molecule has 1 N–H and O–H groups in total. The first kappa shape index (κ1) is 17.8. The first-order valence-electron chi connectivity index (χ1n) is 10.3. The fourth-order valence-corrected chi connectivity index (χ4v) is 6.99. The minimum atomic E-state index is -0.453. The second kappa shape index (κ2) is 5.87. The maximum atomic E-state index is 13.5. The van der Waals surface area contributed by atoms with Crippen LogP contribution in [0.2, 0.25) is 5.02 Å². The van der Waals surface area contributed by atoms with E-state index in [9.17, 15) is 9.90 Å². The van der Waals surface area contributed by atoms with Crippen LogP contribution in [-0.4, -0.2) is 44.7 Å². The lowest BCUT2D eigenvalue weighted by molar-refractivity contribution is -0.152. The van der Waals surface area contributed by atoms with Gasteiger partial charge in [-0.3, -0.25) is 0 Å². The van der Waals surface area contributed by atoms with Crippen molar-refractivity contribution < 1.29 is 9.90 Å². The Balaban J connectivity index is 1.40. The molecule has 146 valence electrons. The summed E-state index contributed by atoms with van der Waals surface area (Å²) in [7, 11) is 0. The lowest BCUT2D eigenvalue weighted by Crippen LogP contribution is -2.62. The van der Waals surface area contributed by atoms with Crippen LogP contribution in [0.3, 0.4) is 0 Å². The normalized spacial score (nSPS) is 39.5. The Hall–Kier alpha value is -1.26. The molecule has 5 fully saturated rings. The molecule has 1 aromatic carbocycles. The molecule has 27 heavy (non-hydrogen) atoms. The zero-order valence-electron chi connectivity index (χ0n) is 16.2. The summed E-state index contributed by atoms with van der Waals surface area (Å²) < 4.78 is 0. The third-order valence-electron chi connectivity index (χ3n) is 7.55. The van der Waals surface area contributed by atoms with Gasteiger partial charge in [0.15, 0.2) is 0 Å². The van der Waals surface area contributed by atoms with E-state index in [4.69, 9.17) is 11.6 Å². The molecule has 1 heterocycles. The van der Waals surface area contributed by atoms with Crippen molar-refractivity contribution in [2.75, 3.05) is 6.54 Å². The molecule has 0 spiro atoms. The van der Waals surface area contributed by atoms with Crippen LogP contribution >= 0.6 is 11.6 Å². The molecular weight excluding hydrogens is 360 g/mol. The quantitative estimate of drug-likeness (QED) is 0.839. The Bertz CT molecular complexity index is 763. The monoisotopic (exact) mass is 388 g/mol. The molecule has 5 aliphatic rings. The van der Waals surface area contributed by atoms with E-state index in [1.165, 1.54) is 12.8 Å². The molecule has 5 heteroatoms. The number of urea groups is 1. The van der Waals surface area contributed by atoms with Gasteiger partial charge in [0.2, 0.25) is 0 Å². The van der Waals surface area contributed by atoms with Crippen LogP contribution in [0.4, 0.5) is 4.79 Å². The third kappa shape index (κ3) is 2.87. The number of carbonyl (C=O) groups is 1. The van der Waals surface area contributed by atoms with Gasteiger partial charge in [0, 0.05) is 24.2 Å². The van der Waals surface area contributed by atoms with Crippen molar-refractivity contribution in [3.05, 3.63) is 34.9 Å². The lowest BCUT2D eigenvalue weighted by atomic mass is 9.52. The zero-order chi connectivity index (χ0) is 19.0. The molecule has 4 aliphatic carbocycles. The summed E-state index contributed by atoms with van der Waals surface area (Å²) in [6.45, 7) is 5.70. The molecule has 4 bridgehead atoms. The van der Waals surface area contributed by atoms with Crippen LogP contribution < -0.4 is 0 Å². The Morgan fingerprint density at radius 2 is 1.89 bits per heavy atom. The molecule has 0 aromatic heterocycles. The molecule has 1 aromatic rings. The first-order valence-corrected chi connectivity index (χ1v) is 10.7. The number of hydrogen-bond acceptors (Lipinski definition) is 2. The number of hydrogen-bond donors (Lipinski definition) is 1. The van der Waals surface area contributed by atoms with Gasteiger partial charge in [-0.15, -0.1) is 0 Å². The van der Waals surface area contributed by atoms with Gasteiger partial charge < -0.3 is 14.9 Å². The predicted molar refractivity (Wildman–Crippen MR) is 105 cm³/mol. The summed E-state index contributed by atoms with van der Waals surface area (Å²) in [5.41, 5.74) is 0.418. The Labute approximate surface area is 166 Å². The number of benzene rings is 1. The van der Waals surface area contributed by atoms with Crippen molar-refractivity contribution in [3.8, 4) is 0 Å². The van der Waals surface area contributed by atoms with E-state index in [0.29, 0.717) is 35.4 Å². The Morgan fingerprint density at radius 3 is 2.52 bits per heavy atom. The van der Waals surface area contributed by atoms with E-state index in [1.807, 2.05) is 29.2 Å². The van der Waals surface area contributed by atoms with Gasteiger partial charge in [-0.25, -0.2) is 4.79 Å². The number of amides is 2. The Kier molecular flexibility index (Phi) is 3.87. The van der Waals surface area contributed by atoms with Gasteiger partial charge in [-0.1, -0.05) is 23.7 Å². The van der Waals surface area contributed by atoms with Crippen molar-refractivity contribution in [1.82, 2.24) is 9.80 Å². The zero-order valence-corrected chi connectivity index (χ0v) is 17.0. The molecule has 2 unspecified atom stereocenters. The van der Waals surface area contributed by atoms with Crippen LogP contribution in [0.1, 0.15) is 51.5 Å². The average molecular weight is 389 g/mol. The highest BCUT2D eigenvalue weighted by Gasteiger charge is 2.59. The highest BCUT2D eigenvalue weighted by atomic mass is 35.5. The van der Waals surface area contributed by atoms with E-state index in [2.05, 4.69) is 18.7 Å². The molecule has 1 saturated heterocycles. The van der Waals surface area contributed by atoms with Crippen molar-refractivity contribution in [1.29, 1.82) is 0 Å². The highest BCUT2D eigenvalue weighted by molar-refractivity contribution is 6.30. The minimum absolute atomic E-state index is 0.157. The second-order valence-electron chi connectivity index (χ2n) is 10.1. The molecule has 4 nitrogen and oxygen atoms in total. The number of nitrogens with zero attached hydrogens (tertiary/aromatic N) is 2. The van der Waals surface area contributed by atoms with Crippen molar-refractivity contribution >= 4 is 17.6 Å². The minimum Gasteiger partial charge on any atom is -0.390 e. The van der Waals surface area contributed by atoms with Gasteiger partial charge in [0.05, 0.1) is 11.1 Å². The molecule has 1 aliphatic heterocycles. The van der Waals surface area contributed by atoms with Crippen LogP contribution in [0, 0.1) is 17.8 Å². The van der Waals surface area contributed by atoms with Gasteiger partial charge in [-0.2, -0.15) is 0 Å². The fraction of sp³-hybridized carbons (Fsp3) is 0.682. The predicted octanol–water partition coefficient (Wildman–Crippen LogP) is 4.30. The molecule has 0 radical (unpaired) electrons. The maximum Gasteiger partial charge on any atom is 0.321 e. The average Bonchev–Trinajstić information content (AvgIpc) is 2.77. The SMILES string of the molecule is CC1(C)CN(C2C3CC4CC2CC(O)(C4)C3)C(=O)N1Cc1cccc(Cl)c1. The molecule has 2 amide bonds. The van der Waals surface area contributed by atoms with Gasteiger partial charge in [0.25, 0.3) is 0 Å². The number of carbonyl (C=O) groups excluding carboxylic acids is 1. The van der Waals surface area contributed by atoms with Crippen molar-refractivity contribution in [2.45, 2.75) is 69.7 Å². The summed E-state index contributed by atoms with van der Waals surface area (Å²) in [5, 5.41) is 11.6. The standard InChI is InChI=1S/C22H29ClN2O2/c1-21(2)13-24(20(26)25(21)12-14-4-3-5-18(23)8-14)19-16-6-15-7-17(19)11-22(27,9-15)10-16/h3-5,8,15-17,19,27H,6-7,9-13H2,1-2H3. The van der Waals surface area contributed by atoms with Gasteiger partial charge >= 0.3 is 6.03 Å². The summed E-state index contributed by atoms with van der Waals surface area (Å²) >= 11 is 6.15. The van der Waals surface area contributed by atoms with E-state index in [-0.39, 0.29) is 11.6 Å². The number of aliphatic hydroxyl groups is 1. The summed E-state index contributed by atoms with van der Waals surface area (Å²) in [5.74, 6) is 1.59. The third-order valence-corrected chi connectivity index (χ3v) is 7.78.